The molecule has 1 N–H and O–H groups in total. The quantitative estimate of drug-likeness (QED) is 0.831. The Morgan fingerprint density at radius 3 is 2.36 bits per heavy atom. The van der Waals surface area contributed by atoms with Crippen LogP contribution >= 0.6 is 11.6 Å². The lowest BCUT2D eigenvalue weighted by Crippen LogP contribution is -2.36. The van der Waals surface area contributed by atoms with Crippen LogP contribution in [0.1, 0.15) is 11.1 Å². The lowest BCUT2D eigenvalue weighted by atomic mass is 10.2. The molecule has 132 valence electrons. The van der Waals surface area contributed by atoms with Crippen molar-refractivity contribution in [2.45, 2.75) is 12.7 Å². The summed E-state index contributed by atoms with van der Waals surface area (Å²) in [5, 5.41) is 2.03. The molecule has 8 heteroatoms. The Labute approximate surface area is 147 Å². The first-order valence-electron chi connectivity index (χ1n) is 7.15. The summed E-state index contributed by atoms with van der Waals surface area (Å²) in [6.45, 7) is 0.184. The van der Waals surface area contributed by atoms with Gasteiger partial charge in [-0.2, -0.15) is 13.2 Å². The molecule has 2 aromatic carbocycles. The van der Waals surface area contributed by atoms with Crippen molar-refractivity contribution in [2.75, 3.05) is 12.4 Å². The Hall–Kier alpha value is -2.54. The van der Waals surface area contributed by atoms with E-state index in [4.69, 9.17) is 11.6 Å². The number of halogens is 4. The van der Waals surface area contributed by atoms with Crippen molar-refractivity contribution in [1.29, 1.82) is 0 Å². The van der Waals surface area contributed by atoms with Gasteiger partial charge in [0.25, 0.3) is 0 Å². The summed E-state index contributed by atoms with van der Waals surface area (Å²) in [4.78, 5) is 25.3. The molecule has 0 atom stereocenters. The Morgan fingerprint density at radius 2 is 1.76 bits per heavy atom. The van der Waals surface area contributed by atoms with E-state index in [0.29, 0.717) is 6.07 Å². The second kappa shape index (κ2) is 7.57. The van der Waals surface area contributed by atoms with Crippen molar-refractivity contribution < 1.29 is 22.8 Å². The Bertz CT molecular complexity index is 779. The van der Waals surface area contributed by atoms with Crippen LogP contribution in [0.15, 0.2) is 48.5 Å². The highest BCUT2D eigenvalue weighted by Crippen LogP contribution is 2.33. The summed E-state index contributed by atoms with van der Waals surface area (Å²) >= 11 is 5.80. The first-order valence-corrected chi connectivity index (χ1v) is 7.53. The molecular formula is C17H14ClF3N2O2. The van der Waals surface area contributed by atoms with Gasteiger partial charge in [0.05, 0.1) is 16.3 Å². The molecule has 2 aromatic rings. The third-order valence-corrected chi connectivity index (χ3v) is 3.67. The summed E-state index contributed by atoms with van der Waals surface area (Å²) in [5.41, 5.74) is -0.441. The molecule has 0 saturated carbocycles. The number of carbonyl (C=O) groups is 2. The molecule has 0 heterocycles. The molecule has 0 fully saturated rings. The zero-order valence-electron chi connectivity index (χ0n) is 13.1. The van der Waals surface area contributed by atoms with E-state index >= 15 is 0 Å². The molecule has 4 nitrogen and oxygen atoms in total. The van der Waals surface area contributed by atoms with Gasteiger partial charge in [-0.3, -0.25) is 9.59 Å². The van der Waals surface area contributed by atoms with Crippen LogP contribution < -0.4 is 5.32 Å². The molecule has 0 unspecified atom stereocenters. The van der Waals surface area contributed by atoms with Gasteiger partial charge in [0, 0.05) is 13.6 Å². The Kier molecular flexibility index (Phi) is 5.69. The predicted molar refractivity (Wildman–Crippen MR) is 88.0 cm³/mol. The van der Waals surface area contributed by atoms with Gasteiger partial charge in [-0.15, -0.1) is 0 Å². The van der Waals surface area contributed by atoms with Crippen LogP contribution in [0.4, 0.5) is 18.9 Å². The molecular weight excluding hydrogens is 357 g/mol. The Balaban J connectivity index is 2.09. The van der Waals surface area contributed by atoms with Crippen LogP contribution in [0.5, 0.6) is 0 Å². The molecule has 0 bridgehead atoms. The topological polar surface area (TPSA) is 49.4 Å². The van der Waals surface area contributed by atoms with E-state index in [2.05, 4.69) is 5.32 Å². The van der Waals surface area contributed by atoms with Crippen LogP contribution in [0, 0.1) is 0 Å². The maximum Gasteiger partial charge on any atom is 0.416 e. The van der Waals surface area contributed by atoms with Crippen LogP contribution in [-0.2, 0) is 22.3 Å². The minimum absolute atomic E-state index is 0.0973. The summed E-state index contributed by atoms with van der Waals surface area (Å²) < 4.78 is 38.2. The second-order valence-electron chi connectivity index (χ2n) is 5.29. The van der Waals surface area contributed by atoms with Crippen molar-refractivity contribution in [1.82, 2.24) is 4.90 Å². The van der Waals surface area contributed by atoms with Crippen LogP contribution in [0.3, 0.4) is 0 Å². The minimum atomic E-state index is -4.59. The number of carbonyl (C=O) groups excluding carboxylic acids is 2. The monoisotopic (exact) mass is 370 g/mol. The van der Waals surface area contributed by atoms with Gasteiger partial charge < -0.3 is 10.2 Å². The average Bonchev–Trinajstić information content (AvgIpc) is 2.55. The van der Waals surface area contributed by atoms with Gasteiger partial charge in [0.2, 0.25) is 0 Å². The van der Waals surface area contributed by atoms with Crippen molar-refractivity contribution in [2.24, 2.45) is 0 Å². The average molecular weight is 371 g/mol. The number of nitrogens with one attached hydrogen (secondary N) is 1. The normalized spacial score (nSPS) is 11.1. The zero-order chi connectivity index (χ0) is 18.6. The SMILES string of the molecule is CN(Cc1ccccc1)C(=O)C(=O)Nc1cc(C(F)(F)F)ccc1Cl. The number of hydrogen-bond acceptors (Lipinski definition) is 2. The van der Waals surface area contributed by atoms with Crippen molar-refractivity contribution in [3.05, 3.63) is 64.7 Å². The van der Waals surface area contributed by atoms with Crippen molar-refractivity contribution >= 4 is 29.1 Å². The van der Waals surface area contributed by atoms with Gasteiger partial charge in [-0.05, 0) is 23.8 Å². The molecule has 25 heavy (non-hydrogen) atoms. The molecule has 0 aliphatic heterocycles. The lowest BCUT2D eigenvalue weighted by Gasteiger charge is -2.17. The number of nitrogens with zero attached hydrogens (tertiary/aromatic N) is 1. The van der Waals surface area contributed by atoms with E-state index < -0.39 is 23.6 Å². The summed E-state index contributed by atoms with van der Waals surface area (Å²) in [6.07, 6.45) is -4.59. The van der Waals surface area contributed by atoms with Crippen molar-refractivity contribution in [3.8, 4) is 0 Å². The number of benzene rings is 2. The first-order chi connectivity index (χ1) is 11.7. The molecule has 2 amide bonds. The standard InChI is InChI=1S/C17H14ClF3N2O2/c1-23(10-11-5-3-2-4-6-11)16(25)15(24)22-14-9-12(17(19,20)21)7-8-13(14)18/h2-9H,10H2,1H3,(H,22,24). The van der Waals surface area contributed by atoms with Crippen LogP contribution in [0.25, 0.3) is 0 Å². The van der Waals surface area contributed by atoms with Gasteiger partial charge >= 0.3 is 18.0 Å². The zero-order valence-corrected chi connectivity index (χ0v) is 13.9. The van der Waals surface area contributed by atoms with Crippen LogP contribution in [0.2, 0.25) is 5.02 Å². The van der Waals surface area contributed by atoms with E-state index in [1.165, 1.54) is 7.05 Å². The fourth-order valence-electron chi connectivity index (χ4n) is 2.08. The number of alkyl halides is 3. The summed E-state index contributed by atoms with van der Waals surface area (Å²) in [7, 11) is 1.42. The third kappa shape index (κ3) is 4.96. The highest BCUT2D eigenvalue weighted by atomic mass is 35.5. The van der Waals surface area contributed by atoms with Gasteiger partial charge in [0.1, 0.15) is 0 Å². The molecule has 0 radical (unpaired) electrons. The van der Waals surface area contributed by atoms with E-state index in [1.54, 1.807) is 24.3 Å². The van der Waals surface area contributed by atoms with E-state index in [1.807, 2.05) is 6.07 Å². The number of amides is 2. The molecule has 0 aliphatic rings. The molecule has 0 aliphatic carbocycles. The maximum absolute atomic E-state index is 12.7. The fraction of sp³-hybridized carbons (Fsp3) is 0.176. The number of rotatable bonds is 3. The first kappa shape index (κ1) is 18.8. The second-order valence-corrected chi connectivity index (χ2v) is 5.70. The highest BCUT2D eigenvalue weighted by Gasteiger charge is 2.31. The summed E-state index contributed by atoms with van der Waals surface area (Å²) in [5.74, 6) is -1.96. The van der Waals surface area contributed by atoms with Crippen LogP contribution in [-0.4, -0.2) is 23.8 Å². The lowest BCUT2D eigenvalue weighted by molar-refractivity contribution is -0.142. The Morgan fingerprint density at radius 1 is 1.12 bits per heavy atom. The predicted octanol–water partition coefficient (Wildman–Crippen LogP) is 3.96. The van der Waals surface area contributed by atoms with E-state index in [0.717, 1.165) is 22.6 Å². The number of likely N-dealkylation sites (N-methyl/N-ethyl adjacent to an activating group) is 1. The highest BCUT2D eigenvalue weighted by molar-refractivity contribution is 6.41. The number of anilines is 1. The number of hydrogen-bond donors (Lipinski definition) is 1. The van der Waals surface area contributed by atoms with Crippen molar-refractivity contribution in [3.63, 3.8) is 0 Å². The maximum atomic E-state index is 12.7. The van der Waals surface area contributed by atoms with Gasteiger partial charge in [-0.25, -0.2) is 0 Å². The summed E-state index contributed by atoms with van der Waals surface area (Å²) in [6, 6.07) is 11.4. The van der Waals surface area contributed by atoms with Gasteiger partial charge in [0.15, 0.2) is 0 Å². The fourth-order valence-corrected chi connectivity index (χ4v) is 2.24. The third-order valence-electron chi connectivity index (χ3n) is 3.35. The molecule has 2 rings (SSSR count). The molecule has 0 saturated heterocycles. The van der Waals surface area contributed by atoms with Gasteiger partial charge in [-0.1, -0.05) is 41.9 Å². The smallest absolute Gasteiger partial charge is 0.333 e. The molecule has 0 spiro atoms. The minimum Gasteiger partial charge on any atom is -0.333 e. The van der Waals surface area contributed by atoms with E-state index in [-0.39, 0.29) is 17.3 Å². The largest absolute Gasteiger partial charge is 0.416 e. The molecule has 0 aromatic heterocycles. The van der Waals surface area contributed by atoms with E-state index in [9.17, 15) is 22.8 Å².